The van der Waals surface area contributed by atoms with E-state index in [0.29, 0.717) is 59.7 Å². The lowest BCUT2D eigenvalue weighted by Crippen LogP contribution is -2.44. The van der Waals surface area contributed by atoms with Gasteiger partial charge in [-0.2, -0.15) is 0 Å². The molecule has 3 heterocycles. The summed E-state index contributed by atoms with van der Waals surface area (Å²) in [5, 5.41) is 15.7. The average Bonchev–Trinajstić information content (AvgIpc) is 3.59. The van der Waals surface area contributed by atoms with Crippen LogP contribution in [-0.2, 0) is 17.9 Å². The third-order valence-electron chi connectivity index (χ3n) is 8.02. The van der Waals surface area contributed by atoms with Crippen molar-refractivity contribution in [1.82, 2.24) is 9.72 Å². The summed E-state index contributed by atoms with van der Waals surface area (Å²) < 4.78 is 29.4. The SMILES string of the molecule is CCn1c(C(=O)O)cc2ccc(N3CCC(F)(COCc4c(-c5c(Cl)cccc5Cl)noc4C4CC4)CC3)cc21. The highest BCUT2D eigenvalue weighted by Crippen LogP contribution is 2.46. The third-order valence-corrected chi connectivity index (χ3v) is 8.65. The number of carboxylic acid groups (broad SMARTS) is 1. The van der Waals surface area contributed by atoms with E-state index in [-0.39, 0.29) is 18.9 Å². The number of anilines is 1. The van der Waals surface area contributed by atoms with Gasteiger partial charge in [0.25, 0.3) is 0 Å². The second kappa shape index (κ2) is 10.7. The van der Waals surface area contributed by atoms with Gasteiger partial charge in [-0.1, -0.05) is 40.5 Å². The molecular formula is C30H30Cl2FN3O4. The molecule has 2 fully saturated rings. The quantitative estimate of drug-likeness (QED) is 0.216. The summed E-state index contributed by atoms with van der Waals surface area (Å²) in [4.78, 5) is 13.8. The van der Waals surface area contributed by atoms with Crippen LogP contribution in [0.15, 0.2) is 47.0 Å². The molecule has 0 spiro atoms. The average molecular weight is 586 g/mol. The molecule has 0 unspecified atom stereocenters. The van der Waals surface area contributed by atoms with Gasteiger partial charge in [0, 0.05) is 60.6 Å². The monoisotopic (exact) mass is 585 g/mol. The van der Waals surface area contributed by atoms with Crippen LogP contribution in [0, 0.1) is 0 Å². The molecule has 4 aromatic rings. The predicted molar refractivity (Wildman–Crippen MR) is 153 cm³/mol. The number of fused-ring (bicyclic) bond motifs is 1. The van der Waals surface area contributed by atoms with Gasteiger partial charge in [0.1, 0.15) is 22.8 Å². The smallest absolute Gasteiger partial charge is 0.352 e. The number of piperidine rings is 1. The van der Waals surface area contributed by atoms with Crippen molar-refractivity contribution in [2.24, 2.45) is 0 Å². The standard InChI is InChI=1S/C30H30Cl2FN3O4/c1-2-36-24-15-20(9-8-19(24)14-25(36)29(37)38)35-12-10-30(33,11-13-35)17-39-16-21-27(34-40-28(21)18-6-7-18)26-22(31)4-3-5-23(26)32/h3-5,8-9,14-15,18H,2,6-7,10-13,16-17H2,1H3,(H,37,38). The van der Waals surface area contributed by atoms with Crippen molar-refractivity contribution in [2.45, 2.75) is 57.3 Å². The van der Waals surface area contributed by atoms with Gasteiger partial charge in [0.15, 0.2) is 0 Å². The van der Waals surface area contributed by atoms with Crippen molar-refractivity contribution >= 4 is 45.8 Å². The van der Waals surface area contributed by atoms with E-state index in [9.17, 15) is 9.90 Å². The van der Waals surface area contributed by atoms with Gasteiger partial charge < -0.3 is 23.8 Å². The van der Waals surface area contributed by atoms with Crippen LogP contribution in [0.1, 0.15) is 60.3 Å². The molecule has 210 valence electrons. The summed E-state index contributed by atoms with van der Waals surface area (Å²) in [6, 6.07) is 12.9. The number of aromatic carboxylic acids is 1. The molecule has 2 aliphatic rings. The van der Waals surface area contributed by atoms with E-state index in [2.05, 4.69) is 10.1 Å². The van der Waals surface area contributed by atoms with Gasteiger partial charge in [0.2, 0.25) is 0 Å². The van der Waals surface area contributed by atoms with Gasteiger partial charge in [0.05, 0.1) is 28.8 Å². The summed E-state index contributed by atoms with van der Waals surface area (Å²) in [5.41, 5.74) is 2.58. The first-order valence-corrected chi connectivity index (χ1v) is 14.3. The highest BCUT2D eigenvalue weighted by Gasteiger charge is 2.37. The van der Waals surface area contributed by atoms with Crippen molar-refractivity contribution in [3.05, 3.63) is 69.5 Å². The Hall–Kier alpha value is -3.07. The number of ether oxygens (including phenoxy) is 1. The molecule has 7 nitrogen and oxygen atoms in total. The maximum Gasteiger partial charge on any atom is 0.352 e. The van der Waals surface area contributed by atoms with Crippen molar-refractivity contribution in [1.29, 1.82) is 0 Å². The van der Waals surface area contributed by atoms with E-state index in [1.807, 2.05) is 25.1 Å². The molecule has 40 heavy (non-hydrogen) atoms. The number of carbonyl (C=O) groups is 1. The fraction of sp³-hybridized carbons (Fsp3) is 0.400. The van der Waals surface area contributed by atoms with Gasteiger partial charge in [-0.25, -0.2) is 9.18 Å². The molecular weight excluding hydrogens is 556 g/mol. The number of hydrogen-bond donors (Lipinski definition) is 1. The van der Waals surface area contributed by atoms with E-state index in [1.165, 1.54) is 0 Å². The summed E-state index contributed by atoms with van der Waals surface area (Å²) in [6.45, 7) is 3.68. The summed E-state index contributed by atoms with van der Waals surface area (Å²) in [6.07, 6.45) is 2.69. The molecule has 6 rings (SSSR count). The van der Waals surface area contributed by atoms with Gasteiger partial charge >= 0.3 is 5.97 Å². The van der Waals surface area contributed by atoms with E-state index in [0.717, 1.165) is 40.8 Å². The Bertz CT molecular complexity index is 1550. The minimum atomic E-state index is -1.46. The molecule has 0 atom stereocenters. The zero-order valence-corrected chi connectivity index (χ0v) is 23.6. The van der Waals surface area contributed by atoms with Gasteiger partial charge in [-0.15, -0.1) is 0 Å². The Kier molecular flexibility index (Phi) is 7.27. The minimum Gasteiger partial charge on any atom is -0.477 e. The molecule has 1 aliphatic heterocycles. The number of carboxylic acids is 1. The highest BCUT2D eigenvalue weighted by molar-refractivity contribution is 6.39. The van der Waals surface area contributed by atoms with Crippen LogP contribution in [-0.4, -0.2) is 46.2 Å². The highest BCUT2D eigenvalue weighted by atomic mass is 35.5. The largest absolute Gasteiger partial charge is 0.477 e. The Labute approximate surface area is 241 Å². The maximum absolute atomic E-state index is 15.9. The Morgan fingerprint density at radius 2 is 1.90 bits per heavy atom. The van der Waals surface area contributed by atoms with Crippen molar-refractivity contribution < 1.29 is 23.6 Å². The zero-order valence-electron chi connectivity index (χ0n) is 22.1. The van der Waals surface area contributed by atoms with E-state index in [1.54, 1.807) is 28.8 Å². The number of benzene rings is 2. The lowest BCUT2D eigenvalue weighted by Gasteiger charge is -2.37. The zero-order chi connectivity index (χ0) is 28.0. The molecule has 2 aromatic carbocycles. The summed E-state index contributed by atoms with van der Waals surface area (Å²) in [5.74, 6) is 0.116. The Morgan fingerprint density at radius 1 is 1.18 bits per heavy atom. The predicted octanol–water partition coefficient (Wildman–Crippen LogP) is 7.72. The molecule has 1 N–H and O–H groups in total. The normalized spacial score (nSPS) is 17.1. The van der Waals surface area contributed by atoms with Crippen molar-refractivity contribution in [3.8, 4) is 11.3 Å². The van der Waals surface area contributed by atoms with Crippen LogP contribution < -0.4 is 4.90 Å². The second-order valence-corrected chi connectivity index (χ2v) is 11.5. The number of alkyl halides is 1. The number of nitrogens with zero attached hydrogens (tertiary/aromatic N) is 3. The Morgan fingerprint density at radius 3 is 2.55 bits per heavy atom. The third kappa shape index (κ3) is 5.08. The maximum atomic E-state index is 15.9. The molecule has 1 aliphatic carbocycles. The van der Waals surface area contributed by atoms with Crippen LogP contribution in [0.5, 0.6) is 0 Å². The first-order valence-electron chi connectivity index (χ1n) is 13.6. The first-order chi connectivity index (χ1) is 19.3. The van der Waals surface area contributed by atoms with E-state index < -0.39 is 11.6 Å². The summed E-state index contributed by atoms with van der Waals surface area (Å²) >= 11 is 12.9. The van der Waals surface area contributed by atoms with Crippen LogP contribution >= 0.6 is 23.2 Å². The molecule has 0 radical (unpaired) electrons. The topological polar surface area (TPSA) is 80.7 Å². The van der Waals surface area contributed by atoms with Crippen LogP contribution in [0.3, 0.4) is 0 Å². The van der Waals surface area contributed by atoms with Crippen molar-refractivity contribution in [2.75, 3.05) is 24.6 Å². The fourth-order valence-electron chi connectivity index (χ4n) is 5.65. The second-order valence-electron chi connectivity index (χ2n) is 10.7. The number of rotatable bonds is 9. The first kappa shape index (κ1) is 27.1. The molecule has 1 saturated carbocycles. The molecule has 1 saturated heterocycles. The number of halogens is 3. The van der Waals surface area contributed by atoms with Crippen LogP contribution in [0.2, 0.25) is 10.0 Å². The van der Waals surface area contributed by atoms with Crippen LogP contribution in [0.4, 0.5) is 10.1 Å². The number of aryl methyl sites for hydroxylation is 1. The van der Waals surface area contributed by atoms with Crippen molar-refractivity contribution in [3.63, 3.8) is 0 Å². The van der Waals surface area contributed by atoms with Gasteiger partial charge in [-0.3, -0.25) is 0 Å². The lowest BCUT2D eigenvalue weighted by molar-refractivity contribution is -0.00756. The Balaban J connectivity index is 1.13. The minimum absolute atomic E-state index is 0.0362. The number of aromatic nitrogens is 2. The van der Waals surface area contributed by atoms with Gasteiger partial charge in [-0.05, 0) is 50.1 Å². The molecule has 10 heteroatoms. The lowest BCUT2D eigenvalue weighted by atomic mass is 9.93. The van der Waals surface area contributed by atoms with Crippen LogP contribution in [0.25, 0.3) is 22.2 Å². The molecule has 2 aromatic heterocycles. The molecule has 0 amide bonds. The van der Waals surface area contributed by atoms with E-state index in [4.69, 9.17) is 32.5 Å². The summed E-state index contributed by atoms with van der Waals surface area (Å²) in [7, 11) is 0. The fourth-order valence-corrected chi connectivity index (χ4v) is 6.23. The number of hydrogen-bond acceptors (Lipinski definition) is 5. The molecule has 0 bridgehead atoms. The van der Waals surface area contributed by atoms with E-state index >= 15 is 4.39 Å².